The van der Waals surface area contributed by atoms with Crippen molar-refractivity contribution in [3.8, 4) is 0 Å². The molecule has 0 amide bonds. The second kappa shape index (κ2) is 9.09. The minimum atomic E-state index is -0.357. The molecule has 3 aromatic rings. The smallest absolute Gasteiger partial charge is 0.142 e. The van der Waals surface area contributed by atoms with E-state index in [1.165, 1.54) is 11.9 Å². The molecule has 32 heavy (non-hydrogen) atoms. The van der Waals surface area contributed by atoms with Gasteiger partial charge in [0.15, 0.2) is 0 Å². The number of amidine groups is 1. The topological polar surface area (TPSA) is 103 Å². The average molecular weight is 468 g/mol. The number of nitrogens with two attached hydrogens (primary N) is 1. The van der Waals surface area contributed by atoms with Gasteiger partial charge in [0.1, 0.15) is 46.0 Å². The van der Waals surface area contributed by atoms with Gasteiger partial charge in [-0.05, 0) is 35.9 Å². The molecule has 0 radical (unpaired) electrons. The Balaban J connectivity index is 1.76. The number of benzene rings is 1. The summed E-state index contributed by atoms with van der Waals surface area (Å²) in [5.41, 5.74) is 11.2. The number of aromatic nitrogens is 2. The third-order valence-electron chi connectivity index (χ3n) is 5.21. The molecular weight excluding hydrogens is 445 g/mol. The Hall–Kier alpha value is -3.24. The summed E-state index contributed by atoms with van der Waals surface area (Å²) >= 11 is 1.36. The van der Waals surface area contributed by atoms with Gasteiger partial charge < -0.3 is 11.1 Å². The Morgan fingerprint density at radius 1 is 1.34 bits per heavy atom. The number of halogens is 1. The van der Waals surface area contributed by atoms with E-state index in [-0.39, 0.29) is 40.9 Å². The van der Waals surface area contributed by atoms with Gasteiger partial charge in [-0.3, -0.25) is 10.3 Å². The van der Waals surface area contributed by atoms with Crippen molar-refractivity contribution in [1.29, 1.82) is 5.41 Å². The maximum Gasteiger partial charge on any atom is 0.142 e. The molecule has 7 nitrogen and oxygen atoms in total. The van der Waals surface area contributed by atoms with Crippen LogP contribution in [-0.4, -0.2) is 27.4 Å². The number of aliphatic imine (C=N–C) groups is 1. The molecule has 0 aliphatic carbocycles. The van der Waals surface area contributed by atoms with E-state index in [2.05, 4.69) is 53.2 Å². The molecule has 0 saturated carbocycles. The monoisotopic (exact) mass is 467 g/mol. The first kappa shape index (κ1) is 22.0. The number of hydrogen-bond donors (Lipinski definition) is 3. The summed E-state index contributed by atoms with van der Waals surface area (Å²) in [7, 11) is 0. The summed E-state index contributed by atoms with van der Waals surface area (Å²) in [5, 5.41) is 13.7. The predicted molar refractivity (Wildman–Crippen MR) is 134 cm³/mol. The largest absolute Gasteiger partial charge is 0.383 e. The summed E-state index contributed by atoms with van der Waals surface area (Å²) in [6.45, 7) is 8.82. The van der Waals surface area contributed by atoms with Gasteiger partial charge in [0.25, 0.3) is 0 Å². The molecule has 1 aliphatic rings. The van der Waals surface area contributed by atoms with E-state index < -0.39 is 0 Å². The number of anilines is 3. The maximum atomic E-state index is 13.1. The summed E-state index contributed by atoms with van der Waals surface area (Å²) < 4.78 is 13.1. The van der Waals surface area contributed by atoms with Crippen LogP contribution in [0, 0.1) is 12.3 Å². The fourth-order valence-electron chi connectivity index (χ4n) is 3.69. The maximum absolute atomic E-state index is 13.1. The number of hydrogen-bond acceptors (Lipinski definition) is 9. The summed E-state index contributed by atoms with van der Waals surface area (Å²) in [6, 6.07) is 8.15. The second-order valence-electron chi connectivity index (χ2n) is 7.13. The van der Waals surface area contributed by atoms with Gasteiger partial charge in [-0.15, -0.1) is 11.3 Å². The van der Waals surface area contributed by atoms with Crippen LogP contribution < -0.4 is 16.0 Å². The quantitative estimate of drug-likeness (QED) is 0.324. The molecule has 1 aromatic carbocycles. The number of nitrogens with one attached hydrogen (secondary N) is 2. The lowest BCUT2D eigenvalue weighted by Crippen LogP contribution is -2.37. The first-order valence-electron chi connectivity index (χ1n) is 9.91. The van der Waals surface area contributed by atoms with Crippen LogP contribution in [0.1, 0.15) is 29.2 Å². The molecule has 1 aliphatic heterocycles. The van der Waals surface area contributed by atoms with Crippen molar-refractivity contribution in [2.24, 2.45) is 4.99 Å². The Labute approximate surface area is 194 Å². The highest BCUT2D eigenvalue weighted by molar-refractivity contribution is 8.10. The fourth-order valence-corrected chi connectivity index (χ4v) is 4.93. The molecule has 0 atom stereocenters. The Bertz CT molecular complexity index is 1230. The van der Waals surface area contributed by atoms with Crippen LogP contribution in [0.5, 0.6) is 0 Å². The van der Waals surface area contributed by atoms with Crippen molar-refractivity contribution in [1.82, 2.24) is 9.97 Å². The van der Waals surface area contributed by atoms with Gasteiger partial charge in [0.2, 0.25) is 0 Å². The first-order chi connectivity index (χ1) is 15.5. The summed E-state index contributed by atoms with van der Waals surface area (Å²) in [4.78, 5) is 15.0. The Morgan fingerprint density at radius 3 is 2.88 bits per heavy atom. The van der Waals surface area contributed by atoms with Gasteiger partial charge in [-0.1, -0.05) is 31.7 Å². The molecule has 3 heterocycles. The molecule has 0 bridgehead atoms. The highest BCUT2D eigenvalue weighted by Gasteiger charge is 2.29. The molecule has 164 valence electrons. The van der Waals surface area contributed by atoms with Crippen LogP contribution in [0.25, 0.3) is 5.70 Å². The van der Waals surface area contributed by atoms with E-state index in [4.69, 9.17) is 16.1 Å². The third kappa shape index (κ3) is 3.87. The van der Waals surface area contributed by atoms with Crippen LogP contribution in [0.2, 0.25) is 0 Å². The van der Waals surface area contributed by atoms with Gasteiger partial charge in [-0.25, -0.2) is 15.0 Å². The van der Waals surface area contributed by atoms with Crippen LogP contribution in [0.3, 0.4) is 0 Å². The highest BCUT2D eigenvalue weighted by atomic mass is 32.2. The number of nitrogen functional groups attached to an aromatic ring is 1. The first-order valence-corrected chi connectivity index (χ1v) is 11.5. The highest BCUT2D eigenvalue weighted by Crippen LogP contribution is 2.43. The zero-order valence-electron chi connectivity index (χ0n) is 17.6. The van der Waals surface area contributed by atoms with Crippen LogP contribution in [-0.2, 0) is 6.42 Å². The lowest BCUT2D eigenvalue weighted by Gasteiger charge is -2.33. The van der Waals surface area contributed by atoms with Gasteiger partial charge in [-0.2, -0.15) is 3.89 Å². The van der Waals surface area contributed by atoms with Crippen molar-refractivity contribution >= 4 is 62.4 Å². The number of rotatable bonds is 6. The van der Waals surface area contributed by atoms with Crippen molar-refractivity contribution in [2.75, 3.05) is 22.5 Å². The van der Waals surface area contributed by atoms with E-state index in [0.717, 1.165) is 33.9 Å². The standard InChI is InChI=1S/C22H22FN7S2/c1-4-14-7-5-6-8-15(14)30-13(3)17-12(2)10-31-22(17)29-16(30)9-26-21-18(20(25)32-23)19(24)27-11-28-21/h5-8,10-11,25H,3-4,9H2,1-2H3,(H3,24,26,27,28). The van der Waals surface area contributed by atoms with Crippen molar-refractivity contribution in [2.45, 2.75) is 20.3 Å². The minimum Gasteiger partial charge on any atom is -0.383 e. The number of fused-ring (bicyclic) bond motifs is 1. The third-order valence-corrected chi connectivity index (χ3v) is 6.56. The van der Waals surface area contributed by atoms with Crippen molar-refractivity contribution in [3.05, 3.63) is 64.8 Å². The van der Waals surface area contributed by atoms with Crippen molar-refractivity contribution < 1.29 is 3.89 Å². The SMILES string of the molecule is C=C1c2c(C)csc2N=C(CNc2ncnc(N)c2C(=N)SF)N1c1ccccc1CC. The van der Waals surface area contributed by atoms with Crippen molar-refractivity contribution in [3.63, 3.8) is 0 Å². The van der Waals surface area contributed by atoms with Gasteiger partial charge in [0, 0.05) is 5.56 Å². The van der Waals surface area contributed by atoms with E-state index in [9.17, 15) is 3.89 Å². The van der Waals surface area contributed by atoms with E-state index >= 15 is 0 Å². The Morgan fingerprint density at radius 2 is 2.12 bits per heavy atom. The summed E-state index contributed by atoms with van der Waals surface area (Å²) in [6.07, 6.45) is 2.14. The zero-order valence-corrected chi connectivity index (χ0v) is 19.3. The van der Waals surface area contributed by atoms with E-state index in [1.807, 2.05) is 17.0 Å². The molecular formula is C22H22FN7S2. The molecule has 0 fully saturated rings. The van der Waals surface area contributed by atoms with Gasteiger partial charge >= 0.3 is 0 Å². The second-order valence-corrected chi connectivity index (χ2v) is 8.55. The van der Waals surface area contributed by atoms with E-state index in [1.54, 1.807) is 11.3 Å². The van der Waals surface area contributed by atoms with E-state index in [0.29, 0.717) is 5.84 Å². The molecule has 4 N–H and O–H groups in total. The molecule has 10 heteroatoms. The van der Waals surface area contributed by atoms with Crippen LogP contribution >= 0.6 is 23.5 Å². The number of thiophene rings is 1. The average Bonchev–Trinajstić information content (AvgIpc) is 3.18. The minimum absolute atomic E-state index is 0.0389. The predicted octanol–water partition coefficient (Wildman–Crippen LogP) is 5.57. The molecule has 2 aromatic heterocycles. The van der Waals surface area contributed by atoms with Crippen LogP contribution in [0.4, 0.5) is 26.2 Å². The number of nitrogens with zero attached hydrogens (tertiary/aromatic N) is 4. The fraction of sp³-hybridized carbons (Fsp3) is 0.182. The van der Waals surface area contributed by atoms with Gasteiger partial charge in [0.05, 0.1) is 23.5 Å². The molecule has 0 spiro atoms. The lowest BCUT2D eigenvalue weighted by atomic mass is 10.0. The molecule has 4 rings (SSSR count). The normalized spacial score (nSPS) is 13.0. The number of aryl methyl sites for hydroxylation is 2. The molecule has 0 saturated heterocycles. The lowest BCUT2D eigenvalue weighted by molar-refractivity contribution is 0.949. The number of para-hydroxylation sites is 1. The van der Waals surface area contributed by atoms with Crippen LogP contribution in [0.15, 0.2) is 47.5 Å². The molecule has 0 unspecified atom stereocenters. The Kier molecular flexibility index (Phi) is 6.24. The summed E-state index contributed by atoms with van der Waals surface area (Å²) in [5.74, 6) is 1.03. The zero-order chi connectivity index (χ0) is 22.8.